The number of nitrogens with zero attached hydrogens (tertiary/aromatic N) is 1. The fraction of sp³-hybridized carbons (Fsp3) is 0.375. The van der Waals surface area contributed by atoms with Crippen LogP contribution in [0.15, 0.2) is 108 Å². The third-order valence-electron chi connectivity index (χ3n) is 14.5. The minimum atomic E-state index is 0.123. The molecule has 4 saturated carbocycles. The van der Waals surface area contributed by atoms with Crippen LogP contribution in [0.25, 0.3) is 33.1 Å². The van der Waals surface area contributed by atoms with Crippen molar-refractivity contribution in [2.24, 2.45) is 23.7 Å². The lowest BCUT2D eigenvalue weighted by molar-refractivity contribution is -0.0399. The lowest BCUT2D eigenvalue weighted by Gasteiger charge is -2.61. The number of para-hydroxylation sites is 1. The molecule has 0 radical (unpaired) electrons. The van der Waals surface area contributed by atoms with E-state index in [-0.39, 0.29) is 16.2 Å². The van der Waals surface area contributed by atoms with Crippen LogP contribution < -0.4 is 4.90 Å². The summed E-state index contributed by atoms with van der Waals surface area (Å²) in [5.74, 6) is 3.43. The molecule has 50 heavy (non-hydrogen) atoms. The second-order valence-electron chi connectivity index (χ2n) is 18.1. The van der Waals surface area contributed by atoms with E-state index in [1.165, 1.54) is 89.3 Å². The third-order valence-corrected chi connectivity index (χ3v) is 14.5. The first kappa shape index (κ1) is 29.4. The first-order valence-electron chi connectivity index (χ1n) is 19.3. The second kappa shape index (κ2) is 9.93. The Morgan fingerprint density at radius 1 is 0.500 bits per heavy atom. The van der Waals surface area contributed by atoms with Crippen molar-refractivity contribution in [3.63, 3.8) is 0 Å². The molecule has 250 valence electrons. The minimum Gasteiger partial charge on any atom is -0.456 e. The summed E-state index contributed by atoms with van der Waals surface area (Å²) in [5.41, 5.74) is 15.1. The van der Waals surface area contributed by atoms with Crippen LogP contribution in [0.1, 0.15) is 94.9 Å². The molecule has 6 aliphatic carbocycles. The van der Waals surface area contributed by atoms with Gasteiger partial charge in [-0.05, 0) is 155 Å². The number of fused-ring (bicyclic) bond motifs is 7. The summed E-state index contributed by atoms with van der Waals surface area (Å²) >= 11 is 0. The maximum Gasteiger partial charge on any atom is 0.137 e. The fourth-order valence-corrected chi connectivity index (χ4v) is 12.3. The van der Waals surface area contributed by atoms with Crippen molar-refractivity contribution >= 4 is 39.0 Å². The summed E-state index contributed by atoms with van der Waals surface area (Å²) in [6.45, 7) is 9.72. The van der Waals surface area contributed by atoms with Gasteiger partial charge in [0, 0.05) is 39.3 Å². The molecule has 1 spiro atoms. The van der Waals surface area contributed by atoms with E-state index in [0.717, 1.165) is 40.5 Å². The summed E-state index contributed by atoms with van der Waals surface area (Å²) < 4.78 is 6.49. The molecule has 0 aliphatic heterocycles. The van der Waals surface area contributed by atoms with Gasteiger partial charge in [-0.1, -0.05) is 82.3 Å². The highest BCUT2D eigenvalue weighted by Gasteiger charge is 2.61. The van der Waals surface area contributed by atoms with E-state index in [9.17, 15) is 0 Å². The minimum absolute atomic E-state index is 0.123. The molecule has 0 atom stereocenters. The normalized spacial score (nSPS) is 27.8. The molecule has 0 N–H and O–H groups in total. The first-order valence-corrected chi connectivity index (χ1v) is 19.3. The zero-order valence-electron chi connectivity index (χ0n) is 29.9. The highest BCUT2D eigenvalue weighted by molar-refractivity contribution is 6.06. The van der Waals surface area contributed by atoms with Crippen molar-refractivity contribution < 1.29 is 4.42 Å². The molecule has 1 heterocycles. The topological polar surface area (TPSA) is 16.4 Å². The lowest BCUT2D eigenvalue weighted by atomic mass is 9.43. The monoisotopic (exact) mass is 653 g/mol. The molecule has 6 aromatic rings. The van der Waals surface area contributed by atoms with Crippen molar-refractivity contribution in [1.82, 2.24) is 0 Å². The van der Waals surface area contributed by atoms with E-state index >= 15 is 0 Å². The average molecular weight is 654 g/mol. The highest BCUT2D eigenvalue weighted by atomic mass is 16.3. The molecule has 2 nitrogen and oxygen atoms in total. The van der Waals surface area contributed by atoms with E-state index < -0.39 is 0 Å². The van der Waals surface area contributed by atoms with Crippen LogP contribution in [-0.4, -0.2) is 0 Å². The zero-order valence-corrected chi connectivity index (χ0v) is 29.9. The third kappa shape index (κ3) is 3.86. The van der Waals surface area contributed by atoms with Crippen LogP contribution in [0.5, 0.6) is 0 Å². The number of benzene rings is 5. The van der Waals surface area contributed by atoms with Crippen LogP contribution in [-0.2, 0) is 16.2 Å². The number of hydrogen-bond acceptors (Lipinski definition) is 2. The van der Waals surface area contributed by atoms with Gasteiger partial charge in [0.15, 0.2) is 0 Å². The van der Waals surface area contributed by atoms with Crippen LogP contribution >= 0.6 is 0 Å². The Morgan fingerprint density at radius 3 is 1.86 bits per heavy atom. The summed E-state index contributed by atoms with van der Waals surface area (Å²) in [6.07, 6.45) is 9.54. The first-order chi connectivity index (χ1) is 24.2. The molecule has 0 unspecified atom stereocenters. The Balaban J connectivity index is 1.13. The molecule has 5 aromatic carbocycles. The fourth-order valence-electron chi connectivity index (χ4n) is 12.3. The van der Waals surface area contributed by atoms with Gasteiger partial charge < -0.3 is 9.32 Å². The Labute approximate surface area is 296 Å². The van der Waals surface area contributed by atoms with E-state index in [2.05, 4.69) is 136 Å². The van der Waals surface area contributed by atoms with Gasteiger partial charge in [-0.3, -0.25) is 0 Å². The van der Waals surface area contributed by atoms with E-state index in [1.54, 1.807) is 11.1 Å². The lowest BCUT2D eigenvalue weighted by Crippen LogP contribution is -2.55. The zero-order chi connectivity index (χ0) is 33.6. The number of furan rings is 1. The standard InChI is InChI=1S/C48H47NO/c1-46(2)19-20-47(3,4)43-27-34(15-18-42(43)46)49(35-13-16-38-37-10-6-8-12-44(37)50-45(38)28-35)33-14-17-41-39(26-33)36-9-5-7-11-40(36)48(41)31-22-29-21-30(24-31)25-32(48)23-29/h5-18,26-32H,19-25H2,1-4H3. The van der Waals surface area contributed by atoms with Crippen molar-refractivity contribution in [2.75, 3.05) is 4.90 Å². The van der Waals surface area contributed by atoms with Crippen molar-refractivity contribution in [1.29, 1.82) is 0 Å². The molecule has 0 saturated heterocycles. The van der Waals surface area contributed by atoms with E-state index in [1.807, 2.05) is 0 Å². The number of hydrogen-bond donors (Lipinski definition) is 0. The predicted octanol–water partition coefficient (Wildman–Crippen LogP) is 13.1. The van der Waals surface area contributed by atoms with Crippen LogP contribution in [0.3, 0.4) is 0 Å². The van der Waals surface area contributed by atoms with Gasteiger partial charge in [0.05, 0.1) is 0 Å². The highest BCUT2D eigenvalue weighted by Crippen LogP contribution is 2.69. The predicted molar refractivity (Wildman–Crippen MR) is 207 cm³/mol. The van der Waals surface area contributed by atoms with Crippen molar-refractivity contribution in [2.45, 2.75) is 88.9 Å². The molecular formula is C48H47NO. The van der Waals surface area contributed by atoms with Gasteiger partial charge in [0.1, 0.15) is 11.2 Å². The molecule has 6 aliphatic rings. The summed E-state index contributed by atoms with van der Waals surface area (Å²) in [6, 6.07) is 39.6. The molecule has 4 fully saturated rings. The quantitative estimate of drug-likeness (QED) is 0.189. The van der Waals surface area contributed by atoms with Crippen molar-refractivity contribution in [3.8, 4) is 11.1 Å². The van der Waals surface area contributed by atoms with Gasteiger partial charge in [-0.15, -0.1) is 0 Å². The smallest absolute Gasteiger partial charge is 0.137 e. The SMILES string of the molecule is CC1(C)CCC(C)(C)c2cc(N(c3ccc4c(c3)-c3ccccc3C43C4CC5CC(C4)CC3C5)c3ccc4c(c3)oc3ccccc34)ccc21. The Hall–Kier alpha value is -4.30. The van der Waals surface area contributed by atoms with E-state index in [4.69, 9.17) is 4.42 Å². The van der Waals surface area contributed by atoms with Gasteiger partial charge in [-0.25, -0.2) is 0 Å². The maximum absolute atomic E-state index is 6.49. The molecule has 12 rings (SSSR count). The summed E-state index contributed by atoms with van der Waals surface area (Å²) in [4.78, 5) is 2.51. The number of rotatable bonds is 3. The molecule has 4 bridgehead atoms. The molecular weight excluding hydrogens is 607 g/mol. The molecule has 1 aromatic heterocycles. The number of anilines is 3. The van der Waals surface area contributed by atoms with Crippen LogP contribution in [0, 0.1) is 23.7 Å². The van der Waals surface area contributed by atoms with Gasteiger partial charge in [0.25, 0.3) is 0 Å². The van der Waals surface area contributed by atoms with Crippen LogP contribution in [0.4, 0.5) is 17.1 Å². The maximum atomic E-state index is 6.49. The van der Waals surface area contributed by atoms with Gasteiger partial charge in [0.2, 0.25) is 0 Å². The molecule has 2 heteroatoms. The summed E-state index contributed by atoms with van der Waals surface area (Å²) in [7, 11) is 0. The van der Waals surface area contributed by atoms with E-state index in [0.29, 0.717) is 0 Å². The van der Waals surface area contributed by atoms with Crippen molar-refractivity contribution in [3.05, 3.63) is 125 Å². The van der Waals surface area contributed by atoms with Gasteiger partial charge >= 0.3 is 0 Å². The largest absolute Gasteiger partial charge is 0.456 e. The second-order valence-corrected chi connectivity index (χ2v) is 18.1. The Morgan fingerprint density at radius 2 is 1.08 bits per heavy atom. The average Bonchev–Trinajstić information content (AvgIpc) is 3.62. The Kier molecular flexibility index (Phi) is 5.85. The van der Waals surface area contributed by atoms with Gasteiger partial charge in [-0.2, -0.15) is 0 Å². The van der Waals surface area contributed by atoms with Crippen LogP contribution in [0.2, 0.25) is 0 Å². The Bertz CT molecular complexity index is 2340. The summed E-state index contributed by atoms with van der Waals surface area (Å²) in [5, 5.41) is 2.35. The molecule has 0 amide bonds.